The van der Waals surface area contributed by atoms with Crippen LogP contribution in [-0.4, -0.2) is 124 Å². The number of likely N-dealkylation sites (N-methyl/N-ethyl adjacent to an activating group) is 2. The smallest absolute Gasteiger partial charge is 0.338 e. The van der Waals surface area contributed by atoms with E-state index in [0.29, 0.717) is 18.4 Å². The van der Waals surface area contributed by atoms with E-state index >= 15 is 0 Å². The van der Waals surface area contributed by atoms with Gasteiger partial charge in [0.1, 0.15) is 12.0 Å². The van der Waals surface area contributed by atoms with Gasteiger partial charge in [-0.05, 0) is 106 Å². The van der Waals surface area contributed by atoms with Gasteiger partial charge in [0, 0.05) is 19.6 Å². The molecule has 3 heterocycles. The van der Waals surface area contributed by atoms with Crippen LogP contribution in [0.5, 0.6) is 0 Å². The Labute approximate surface area is 287 Å². The molecular formula is C37H59N3O8. The van der Waals surface area contributed by atoms with Gasteiger partial charge in [0.05, 0.1) is 35.0 Å². The molecule has 270 valence electrons. The molecule has 8 atom stereocenters. The van der Waals surface area contributed by atoms with E-state index in [-0.39, 0.29) is 36.0 Å². The number of piperidine rings is 1. The zero-order chi connectivity index (χ0) is 35.4. The molecule has 1 aromatic carbocycles. The second-order valence-electron chi connectivity index (χ2n) is 15.4. The molecule has 3 fully saturated rings. The highest BCUT2D eigenvalue weighted by atomic mass is 16.7. The van der Waals surface area contributed by atoms with E-state index in [0.717, 1.165) is 32.5 Å². The third-order valence-corrected chi connectivity index (χ3v) is 11.0. The van der Waals surface area contributed by atoms with Crippen molar-refractivity contribution < 1.29 is 38.1 Å². The maximum absolute atomic E-state index is 14.4. The summed E-state index contributed by atoms with van der Waals surface area (Å²) < 4.78 is 31.9. The number of esters is 2. The molecular weight excluding hydrogens is 614 g/mol. The van der Waals surface area contributed by atoms with E-state index in [1.54, 1.807) is 52.1 Å². The second kappa shape index (κ2) is 15.6. The number of nitrogens with one attached hydrogen (secondary N) is 1. The molecule has 0 aliphatic carbocycles. The molecule has 0 saturated carbocycles. The zero-order valence-electron chi connectivity index (χ0n) is 30.7. The Bertz CT molecular complexity index is 1250. The van der Waals surface area contributed by atoms with E-state index in [1.807, 2.05) is 38.9 Å². The van der Waals surface area contributed by atoms with Gasteiger partial charge in [-0.3, -0.25) is 14.5 Å². The van der Waals surface area contributed by atoms with Gasteiger partial charge in [-0.15, -0.1) is 0 Å². The molecule has 0 bridgehead atoms. The van der Waals surface area contributed by atoms with Crippen molar-refractivity contribution in [1.82, 2.24) is 15.1 Å². The van der Waals surface area contributed by atoms with Crippen LogP contribution in [-0.2, 0) is 33.3 Å². The molecule has 0 aromatic heterocycles. The third-order valence-electron chi connectivity index (χ3n) is 11.0. The Hall–Kier alpha value is -2.41. The molecule has 0 amide bonds. The van der Waals surface area contributed by atoms with E-state index in [9.17, 15) is 14.4 Å². The second-order valence-corrected chi connectivity index (χ2v) is 15.4. The summed E-state index contributed by atoms with van der Waals surface area (Å²) >= 11 is 0. The molecule has 0 radical (unpaired) electrons. The lowest BCUT2D eigenvalue weighted by atomic mass is 9.74. The first-order valence-electron chi connectivity index (χ1n) is 17.5. The first-order valence-corrected chi connectivity index (χ1v) is 17.5. The van der Waals surface area contributed by atoms with Gasteiger partial charge in [0.15, 0.2) is 18.2 Å². The summed E-state index contributed by atoms with van der Waals surface area (Å²) in [6.07, 6.45) is -0.0660. The molecule has 0 unspecified atom stereocenters. The summed E-state index contributed by atoms with van der Waals surface area (Å²) in [5, 5.41) is 3.43. The van der Waals surface area contributed by atoms with Crippen LogP contribution in [0.1, 0.15) is 77.6 Å². The summed E-state index contributed by atoms with van der Waals surface area (Å²) in [5.41, 5.74) is -2.34. The highest BCUT2D eigenvalue weighted by Gasteiger charge is 2.53. The topological polar surface area (TPSA) is 116 Å². The average molecular weight is 674 g/mol. The number of carbonyl (C=O) groups is 3. The molecule has 3 aliphatic rings. The largest absolute Gasteiger partial charge is 0.463 e. The molecule has 11 heteroatoms. The standard InChI is InChI=1S/C37H59N3O8/c1-24-21-36(6,44-10)31(26(3)30(41)35(4,5)34(43)45-23-37(40(9)22-24)16-18-38-19-17-37)48-33-29(28(39(7)8)20-25(2)46-33)47-32(42)27-14-12-11-13-15-27/h11-15,24-26,28-29,31,33,38H,16-23H2,1-10H3/t24-,25-,26+,28+,29-,31-,33+,36-/m1/s1. The van der Waals surface area contributed by atoms with Gasteiger partial charge in [-0.1, -0.05) is 32.0 Å². The molecule has 48 heavy (non-hydrogen) atoms. The molecule has 4 rings (SSSR count). The molecule has 3 aliphatic heterocycles. The van der Waals surface area contributed by atoms with Gasteiger partial charge < -0.3 is 33.9 Å². The van der Waals surface area contributed by atoms with Crippen LogP contribution in [0.4, 0.5) is 0 Å². The van der Waals surface area contributed by atoms with E-state index in [4.69, 9.17) is 23.7 Å². The number of rotatable bonds is 6. The van der Waals surface area contributed by atoms with Gasteiger partial charge in [-0.2, -0.15) is 0 Å². The Balaban J connectivity index is 1.74. The number of hydrogen-bond acceptors (Lipinski definition) is 11. The van der Waals surface area contributed by atoms with Crippen molar-refractivity contribution in [2.75, 3.05) is 54.5 Å². The lowest BCUT2D eigenvalue weighted by molar-refractivity contribution is -0.295. The van der Waals surface area contributed by atoms with Gasteiger partial charge in [0.2, 0.25) is 0 Å². The van der Waals surface area contributed by atoms with Crippen molar-refractivity contribution in [1.29, 1.82) is 0 Å². The van der Waals surface area contributed by atoms with Crippen LogP contribution in [0.15, 0.2) is 30.3 Å². The van der Waals surface area contributed by atoms with E-state index in [2.05, 4.69) is 24.2 Å². The average Bonchev–Trinajstić information content (AvgIpc) is 3.06. The Kier molecular flexibility index (Phi) is 12.5. The summed E-state index contributed by atoms with van der Waals surface area (Å²) in [5.74, 6) is -2.04. The van der Waals surface area contributed by atoms with Crippen LogP contribution in [0.25, 0.3) is 0 Å². The van der Waals surface area contributed by atoms with Gasteiger partial charge >= 0.3 is 11.9 Å². The van der Waals surface area contributed by atoms with Crippen molar-refractivity contribution in [3.63, 3.8) is 0 Å². The fraction of sp³-hybridized carbons (Fsp3) is 0.757. The van der Waals surface area contributed by atoms with Gasteiger partial charge in [-0.25, -0.2) is 4.79 Å². The minimum absolute atomic E-state index is 0.122. The highest BCUT2D eigenvalue weighted by Crippen LogP contribution is 2.40. The number of nitrogens with zero attached hydrogens (tertiary/aromatic N) is 2. The van der Waals surface area contributed by atoms with Gasteiger partial charge in [0.25, 0.3) is 0 Å². The highest BCUT2D eigenvalue weighted by molar-refractivity contribution is 6.04. The number of cyclic esters (lactones) is 1. The minimum Gasteiger partial charge on any atom is -0.463 e. The maximum atomic E-state index is 14.4. The quantitative estimate of drug-likeness (QED) is 0.350. The number of hydrogen-bond donors (Lipinski definition) is 1. The van der Waals surface area contributed by atoms with E-state index < -0.39 is 47.4 Å². The van der Waals surface area contributed by atoms with Crippen molar-refractivity contribution in [3.05, 3.63) is 35.9 Å². The summed E-state index contributed by atoms with van der Waals surface area (Å²) in [4.78, 5) is 45.9. The summed E-state index contributed by atoms with van der Waals surface area (Å²) in [6, 6.07) is 8.61. The first kappa shape index (κ1) is 38.4. The lowest BCUT2D eigenvalue weighted by Crippen LogP contribution is -2.60. The van der Waals surface area contributed by atoms with Crippen molar-refractivity contribution in [2.45, 2.75) is 109 Å². The summed E-state index contributed by atoms with van der Waals surface area (Å²) in [7, 11) is 7.61. The number of ether oxygens (including phenoxy) is 5. The lowest BCUT2D eigenvalue weighted by Gasteiger charge is -2.48. The number of carbonyl (C=O) groups excluding carboxylic acids is 3. The SMILES string of the molecule is CO[C@]1(C)C[C@@H](C)CN(C)C2(CCNCC2)COC(=O)C(C)(C)C(=O)[C@H](C)[C@H]1O[C@@H]1O[C@H](C)C[C@H](N(C)C)[C@H]1OC(=O)c1ccccc1. The number of methoxy groups -OCH3 is 1. The van der Waals surface area contributed by atoms with Crippen LogP contribution < -0.4 is 5.32 Å². The number of benzene rings is 1. The van der Waals surface area contributed by atoms with Crippen LogP contribution in [0.2, 0.25) is 0 Å². The third kappa shape index (κ3) is 8.30. The first-order chi connectivity index (χ1) is 22.5. The van der Waals surface area contributed by atoms with Crippen LogP contribution in [0, 0.1) is 17.3 Å². The number of ketones is 1. The molecule has 1 spiro atoms. The Morgan fingerprint density at radius 1 is 1.04 bits per heavy atom. The normalized spacial score (nSPS) is 35.3. The fourth-order valence-electron chi connectivity index (χ4n) is 7.92. The predicted octanol–water partition coefficient (Wildman–Crippen LogP) is 3.94. The zero-order valence-corrected chi connectivity index (χ0v) is 30.7. The Morgan fingerprint density at radius 2 is 1.69 bits per heavy atom. The van der Waals surface area contributed by atoms with Crippen molar-refractivity contribution >= 4 is 17.7 Å². The maximum Gasteiger partial charge on any atom is 0.338 e. The van der Waals surface area contributed by atoms with Crippen LogP contribution >= 0.6 is 0 Å². The monoisotopic (exact) mass is 673 g/mol. The summed E-state index contributed by atoms with van der Waals surface area (Å²) in [6.45, 7) is 13.7. The fourth-order valence-corrected chi connectivity index (χ4v) is 7.92. The van der Waals surface area contributed by atoms with Crippen molar-refractivity contribution in [3.8, 4) is 0 Å². The van der Waals surface area contributed by atoms with Crippen molar-refractivity contribution in [2.24, 2.45) is 17.3 Å². The Morgan fingerprint density at radius 3 is 2.29 bits per heavy atom. The molecule has 11 nitrogen and oxygen atoms in total. The van der Waals surface area contributed by atoms with Crippen LogP contribution in [0.3, 0.4) is 0 Å². The molecule has 1 aromatic rings. The number of Topliss-reactive ketones (excluding diaryl/α,β-unsaturated/α-hetero) is 1. The molecule has 1 N–H and O–H groups in total. The minimum atomic E-state index is -1.45. The predicted molar refractivity (Wildman–Crippen MR) is 183 cm³/mol. The molecule has 3 saturated heterocycles. The van der Waals surface area contributed by atoms with E-state index in [1.165, 1.54) is 0 Å².